The van der Waals surface area contributed by atoms with Crippen LogP contribution in [-0.2, 0) is 11.2 Å². The predicted molar refractivity (Wildman–Crippen MR) is 75.6 cm³/mol. The molecule has 18 heavy (non-hydrogen) atoms. The number of thioether (sulfide) groups is 1. The van der Waals surface area contributed by atoms with Crippen LogP contribution in [0.3, 0.4) is 0 Å². The summed E-state index contributed by atoms with van der Waals surface area (Å²) in [6.45, 7) is 2.02. The highest BCUT2D eigenvalue weighted by Crippen LogP contribution is 2.15. The molecule has 1 amide bonds. The van der Waals surface area contributed by atoms with E-state index in [9.17, 15) is 9.59 Å². The first-order chi connectivity index (χ1) is 8.58. The average Bonchev–Trinajstić information content (AvgIpc) is 2.82. The van der Waals surface area contributed by atoms with Crippen molar-refractivity contribution >= 4 is 35.0 Å². The Morgan fingerprint density at radius 3 is 2.78 bits per heavy atom. The van der Waals surface area contributed by atoms with Crippen LogP contribution in [0.5, 0.6) is 0 Å². The van der Waals surface area contributed by atoms with E-state index >= 15 is 0 Å². The summed E-state index contributed by atoms with van der Waals surface area (Å²) in [5, 5.41) is 13.4. The second-order valence-electron chi connectivity index (χ2n) is 3.80. The maximum Gasteiger partial charge on any atom is 0.326 e. The maximum absolute atomic E-state index is 11.9. The number of rotatable bonds is 7. The fraction of sp³-hybridized carbons (Fsp3) is 0.500. The van der Waals surface area contributed by atoms with Gasteiger partial charge in [0.1, 0.15) is 6.04 Å². The Labute approximate surface area is 115 Å². The Kier molecular flexibility index (Phi) is 6.21. The molecule has 0 saturated carbocycles. The predicted octanol–water partition coefficient (Wildman–Crippen LogP) is 2.25. The molecule has 0 aromatic carbocycles. The largest absolute Gasteiger partial charge is 0.480 e. The van der Waals surface area contributed by atoms with Crippen LogP contribution in [0.1, 0.15) is 28.6 Å². The zero-order valence-electron chi connectivity index (χ0n) is 10.4. The second-order valence-corrected chi connectivity index (χ2v) is 5.78. The van der Waals surface area contributed by atoms with Crippen molar-refractivity contribution in [1.82, 2.24) is 5.32 Å². The molecule has 100 valence electrons. The quantitative estimate of drug-likeness (QED) is 0.807. The minimum absolute atomic E-state index is 0.306. The molecule has 0 spiro atoms. The number of carbonyl (C=O) groups excluding carboxylic acids is 1. The third kappa shape index (κ3) is 4.34. The minimum Gasteiger partial charge on any atom is -0.480 e. The van der Waals surface area contributed by atoms with Crippen LogP contribution in [0.15, 0.2) is 11.4 Å². The van der Waals surface area contributed by atoms with Gasteiger partial charge in [0.25, 0.3) is 5.91 Å². The van der Waals surface area contributed by atoms with Crippen molar-refractivity contribution in [2.75, 3.05) is 12.0 Å². The van der Waals surface area contributed by atoms with E-state index in [1.165, 1.54) is 11.3 Å². The fourth-order valence-corrected chi connectivity index (χ4v) is 2.71. The fourth-order valence-electron chi connectivity index (χ4n) is 1.42. The monoisotopic (exact) mass is 287 g/mol. The molecule has 1 atom stereocenters. The summed E-state index contributed by atoms with van der Waals surface area (Å²) in [4.78, 5) is 24.0. The van der Waals surface area contributed by atoms with E-state index in [1.54, 1.807) is 17.1 Å². The van der Waals surface area contributed by atoms with E-state index in [2.05, 4.69) is 5.32 Å². The smallest absolute Gasteiger partial charge is 0.326 e. The van der Waals surface area contributed by atoms with Gasteiger partial charge >= 0.3 is 5.97 Å². The van der Waals surface area contributed by atoms with Crippen molar-refractivity contribution in [3.05, 3.63) is 21.9 Å². The molecule has 2 N–H and O–H groups in total. The highest BCUT2D eigenvalue weighted by atomic mass is 32.2. The van der Waals surface area contributed by atoms with Gasteiger partial charge in [-0.05, 0) is 30.9 Å². The van der Waals surface area contributed by atoms with Gasteiger partial charge in [0.05, 0.1) is 5.56 Å². The van der Waals surface area contributed by atoms with Gasteiger partial charge in [-0.15, -0.1) is 11.3 Å². The molecular formula is C12H17NO3S2. The Morgan fingerprint density at radius 2 is 2.28 bits per heavy atom. The number of carboxylic acids is 1. The summed E-state index contributed by atoms with van der Waals surface area (Å²) in [5.74, 6) is -0.580. The van der Waals surface area contributed by atoms with Gasteiger partial charge in [-0.1, -0.05) is 6.92 Å². The van der Waals surface area contributed by atoms with Gasteiger partial charge in [0, 0.05) is 10.3 Å². The SMILES string of the molecule is CCc1cc(C(=O)N[C@@H](CCSC)C(=O)O)cs1. The lowest BCUT2D eigenvalue weighted by atomic mass is 10.2. The van der Waals surface area contributed by atoms with Crippen LogP contribution in [0, 0.1) is 0 Å². The summed E-state index contributed by atoms with van der Waals surface area (Å²) in [6, 6.07) is 1.00. The first-order valence-electron chi connectivity index (χ1n) is 5.68. The van der Waals surface area contributed by atoms with Gasteiger partial charge in [-0.2, -0.15) is 11.8 Å². The molecule has 0 fully saturated rings. The highest BCUT2D eigenvalue weighted by molar-refractivity contribution is 7.98. The molecular weight excluding hydrogens is 270 g/mol. The molecule has 1 heterocycles. The van der Waals surface area contributed by atoms with E-state index in [0.29, 0.717) is 17.7 Å². The Bertz CT molecular complexity index is 417. The number of carboxylic acid groups (broad SMARTS) is 1. The summed E-state index contributed by atoms with van der Waals surface area (Å²) in [5.41, 5.74) is 0.548. The van der Waals surface area contributed by atoms with Gasteiger partial charge in [0.15, 0.2) is 0 Å². The molecule has 1 aromatic heterocycles. The lowest BCUT2D eigenvalue weighted by molar-refractivity contribution is -0.139. The van der Waals surface area contributed by atoms with Gasteiger partial charge in [0.2, 0.25) is 0 Å². The molecule has 1 aromatic rings. The molecule has 0 radical (unpaired) electrons. The summed E-state index contributed by atoms with van der Waals surface area (Å²) in [7, 11) is 0. The molecule has 4 nitrogen and oxygen atoms in total. The van der Waals surface area contributed by atoms with Crippen LogP contribution in [-0.4, -0.2) is 35.0 Å². The first-order valence-corrected chi connectivity index (χ1v) is 7.95. The van der Waals surface area contributed by atoms with Crippen molar-refractivity contribution in [3.63, 3.8) is 0 Å². The van der Waals surface area contributed by atoms with Crippen molar-refractivity contribution < 1.29 is 14.7 Å². The Balaban J connectivity index is 2.62. The molecule has 0 aliphatic rings. The van der Waals surface area contributed by atoms with Crippen molar-refractivity contribution in [1.29, 1.82) is 0 Å². The Hall–Kier alpha value is -1.01. The molecule has 0 aliphatic heterocycles. The lowest BCUT2D eigenvalue weighted by Crippen LogP contribution is -2.41. The first kappa shape index (κ1) is 15.0. The second kappa shape index (κ2) is 7.43. The average molecular weight is 287 g/mol. The van der Waals surface area contributed by atoms with E-state index in [0.717, 1.165) is 11.3 Å². The number of carbonyl (C=O) groups is 2. The number of aliphatic carboxylic acids is 1. The summed E-state index contributed by atoms with van der Waals surface area (Å²) in [6.07, 6.45) is 3.23. The van der Waals surface area contributed by atoms with Crippen molar-refractivity contribution in [2.45, 2.75) is 25.8 Å². The Morgan fingerprint density at radius 1 is 1.56 bits per heavy atom. The van der Waals surface area contributed by atoms with Crippen LogP contribution in [0.25, 0.3) is 0 Å². The van der Waals surface area contributed by atoms with Crippen LogP contribution >= 0.6 is 23.1 Å². The third-order valence-electron chi connectivity index (χ3n) is 2.48. The van der Waals surface area contributed by atoms with E-state index in [-0.39, 0.29) is 5.91 Å². The zero-order chi connectivity index (χ0) is 13.5. The standard InChI is InChI=1S/C12H17NO3S2/c1-3-9-6-8(7-18-9)11(14)13-10(12(15)16)4-5-17-2/h6-7,10H,3-5H2,1-2H3,(H,13,14)(H,15,16)/t10-/m0/s1. The third-order valence-corrected chi connectivity index (χ3v) is 4.20. The number of hydrogen-bond donors (Lipinski definition) is 2. The van der Waals surface area contributed by atoms with E-state index in [1.807, 2.05) is 19.2 Å². The minimum atomic E-state index is -0.983. The molecule has 6 heteroatoms. The number of hydrogen-bond acceptors (Lipinski definition) is 4. The molecule has 0 unspecified atom stereocenters. The lowest BCUT2D eigenvalue weighted by Gasteiger charge is -2.13. The van der Waals surface area contributed by atoms with Crippen molar-refractivity contribution in [3.8, 4) is 0 Å². The van der Waals surface area contributed by atoms with Gasteiger partial charge in [-0.3, -0.25) is 4.79 Å². The molecule has 0 bridgehead atoms. The summed E-state index contributed by atoms with van der Waals surface area (Å²) < 4.78 is 0. The van der Waals surface area contributed by atoms with Crippen LogP contribution in [0.4, 0.5) is 0 Å². The molecule has 0 saturated heterocycles. The number of aryl methyl sites for hydroxylation is 1. The van der Waals surface area contributed by atoms with E-state index in [4.69, 9.17) is 5.11 Å². The topological polar surface area (TPSA) is 66.4 Å². The van der Waals surface area contributed by atoms with Crippen LogP contribution < -0.4 is 5.32 Å². The number of amides is 1. The normalized spacial score (nSPS) is 12.1. The molecule has 0 aliphatic carbocycles. The van der Waals surface area contributed by atoms with Crippen LogP contribution in [0.2, 0.25) is 0 Å². The summed E-state index contributed by atoms with van der Waals surface area (Å²) >= 11 is 3.08. The number of thiophene rings is 1. The maximum atomic E-state index is 11.9. The molecule has 1 rings (SSSR count). The number of nitrogens with one attached hydrogen (secondary N) is 1. The highest BCUT2D eigenvalue weighted by Gasteiger charge is 2.20. The van der Waals surface area contributed by atoms with Crippen molar-refractivity contribution in [2.24, 2.45) is 0 Å². The zero-order valence-corrected chi connectivity index (χ0v) is 12.1. The van der Waals surface area contributed by atoms with Gasteiger partial charge in [-0.25, -0.2) is 4.79 Å². The van der Waals surface area contributed by atoms with E-state index < -0.39 is 12.0 Å². The van der Waals surface area contributed by atoms with Gasteiger partial charge < -0.3 is 10.4 Å².